The molecule has 0 aliphatic rings. The number of hydrogen-bond acceptors (Lipinski definition) is 3. The molecule has 0 aromatic heterocycles. The number of carbonyl (C=O) groups excluding carboxylic acids is 2. The number of aryl methyl sites for hydroxylation is 1. The Morgan fingerprint density at radius 2 is 1.68 bits per heavy atom. The second kappa shape index (κ2) is 10.9. The van der Waals surface area contributed by atoms with Gasteiger partial charge in [-0.3, -0.25) is 9.59 Å². The standard InChI is InChI=1S/C23H30N2O2S/c1-5-18(3)24-23(27)19(4)25(15-20-13-11-17(2)12-14-20)22(26)16-28-21-9-7-6-8-10-21/h6-14,18-19H,5,15-16H2,1-4H3,(H,24,27). The van der Waals surface area contributed by atoms with Gasteiger partial charge in [0.05, 0.1) is 5.75 Å². The monoisotopic (exact) mass is 398 g/mol. The molecule has 2 amide bonds. The van der Waals surface area contributed by atoms with Crippen molar-refractivity contribution in [2.75, 3.05) is 5.75 Å². The lowest BCUT2D eigenvalue weighted by Gasteiger charge is -2.29. The van der Waals surface area contributed by atoms with E-state index in [0.717, 1.165) is 16.9 Å². The van der Waals surface area contributed by atoms with Gasteiger partial charge in [0.2, 0.25) is 11.8 Å². The van der Waals surface area contributed by atoms with Crippen LogP contribution >= 0.6 is 11.8 Å². The Balaban J connectivity index is 2.12. The van der Waals surface area contributed by atoms with Crippen molar-refractivity contribution in [1.82, 2.24) is 10.2 Å². The first-order valence-corrected chi connectivity index (χ1v) is 10.7. The molecule has 2 unspecified atom stereocenters. The average molecular weight is 399 g/mol. The van der Waals surface area contributed by atoms with Gasteiger partial charge >= 0.3 is 0 Å². The predicted octanol–water partition coefficient (Wildman–Crippen LogP) is 4.42. The molecule has 2 rings (SSSR count). The van der Waals surface area contributed by atoms with E-state index in [2.05, 4.69) is 5.32 Å². The zero-order chi connectivity index (χ0) is 20.5. The third-order valence-corrected chi connectivity index (χ3v) is 5.74. The van der Waals surface area contributed by atoms with Crippen LogP contribution in [0.15, 0.2) is 59.5 Å². The van der Waals surface area contributed by atoms with E-state index in [1.165, 1.54) is 17.3 Å². The normalized spacial score (nSPS) is 12.9. The highest BCUT2D eigenvalue weighted by Crippen LogP contribution is 2.19. The minimum Gasteiger partial charge on any atom is -0.352 e. The van der Waals surface area contributed by atoms with E-state index in [0.29, 0.717) is 12.3 Å². The molecule has 150 valence electrons. The second-order valence-corrected chi connectivity index (χ2v) is 8.15. The van der Waals surface area contributed by atoms with E-state index in [1.807, 2.05) is 75.4 Å². The third kappa shape index (κ3) is 6.71. The summed E-state index contributed by atoms with van der Waals surface area (Å²) in [5, 5.41) is 2.99. The van der Waals surface area contributed by atoms with Crippen LogP contribution in [-0.4, -0.2) is 34.6 Å². The maximum Gasteiger partial charge on any atom is 0.242 e. The molecule has 0 fully saturated rings. The summed E-state index contributed by atoms with van der Waals surface area (Å²) in [5.74, 6) is 0.150. The summed E-state index contributed by atoms with van der Waals surface area (Å²) in [6.45, 7) is 8.26. The van der Waals surface area contributed by atoms with Crippen molar-refractivity contribution in [3.63, 3.8) is 0 Å². The fourth-order valence-corrected chi connectivity index (χ4v) is 3.49. The zero-order valence-corrected chi connectivity index (χ0v) is 18.0. The van der Waals surface area contributed by atoms with E-state index in [1.54, 1.807) is 11.8 Å². The summed E-state index contributed by atoms with van der Waals surface area (Å²) in [5.41, 5.74) is 2.19. The van der Waals surface area contributed by atoms with Gasteiger partial charge in [-0.2, -0.15) is 0 Å². The van der Waals surface area contributed by atoms with E-state index in [9.17, 15) is 9.59 Å². The van der Waals surface area contributed by atoms with Crippen LogP contribution in [0.25, 0.3) is 0 Å². The maximum absolute atomic E-state index is 13.0. The van der Waals surface area contributed by atoms with Crippen LogP contribution in [-0.2, 0) is 16.1 Å². The summed E-state index contributed by atoms with van der Waals surface area (Å²) >= 11 is 1.49. The number of thioether (sulfide) groups is 1. The van der Waals surface area contributed by atoms with Crippen LogP contribution in [0.2, 0.25) is 0 Å². The first kappa shape index (κ1) is 22.0. The van der Waals surface area contributed by atoms with Gasteiger partial charge in [0.25, 0.3) is 0 Å². The van der Waals surface area contributed by atoms with Crippen molar-refractivity contribution in [3.8, 4) is 0 Å². The van der Waals surface area contributed by atoms with E-state index < -0.39 is 6.04 Å². The van der Waals surface area contributed by atoms with Crippen LogP contribution < -0.4 is 5.32 Å². The Labute approximate surface area is 172 Å². The molecule has 28 heavy (non-hydrogen) atoms. The maximum atomic E-state index is 13.0. The zero-order valence-electron chi connectivity index (χ0n) is 17.1. The Morgan fingerprint density at radius 1 is 1.04 bits per heavy atom. The molecule has 0 saturated carbocycles. The number of benzene rings is 2. The molecular weight excluding hydrogens is 368 g/mol. The molecule has 4 nitrogen and oxygen atoms in total. The highest BCUT2D eigenvalue weighted by molar-refractivity contribution is 8.00. The first-order chi connectivity index (χ1) is 13.4. The fourth-order valence-electron chi connectivity index (χ4n) is 2.68. The van der Waals surface area contributed by atoms with Crippen molar-refractivity contribution < 1.29 is 9.59 Å². The molecule has 0 aliphatic heterocycles. The van der Waals surface area contributed by atoms with Crippen LogP contribution in [0, 0.1) is 6.92 Å². The molecule has 0 aliphatic carbocycles. The van der Waals surface area contributed by atoms with Crippen molar-refractivity contribution >= 4 is 23.6 Å². The van der Waals surface area contributed by atoms with Gasteiger partial charge in [-0.05, 0) is 44.9 Å². The van der Waals surface area contributed by atoms with Gasteiger partial charge in [0.15, 0.2) is 0 Å². The predicted molar refractivity (Wildman–Crippen MR) is 116 cm³/mol. The van der Waals surface area contributed by atoms with E-state index >= 15 is 0 Å². The van der Waals surface area contributed by atoms with Crippen molar-refractivity contribution in [2.24, 2.45) is 0 Å². The van der Waals surface area contributed by atoms with Crippen LogP contribution in [0.5, 0.6) is 0 Å². The molecule has 0 bridgehead atoms. The number of rotatable bonds is 9. The molecule has 5 heteroatoms. The summed E-state index contributed by atoms with van der Waals surface area (Å²) in [6, 6.07) is 17.5. The summed E-state index contributed by atoms with van der Waals surface area (Å²) < 4.78 is 0. The van der Waals surface area contributed by atoms with Crippen LogP contribution in [0.3, 0.4) is 0 Å². The molecular formula is C23H30N2O2S. The lowest BCUT2D eigenvalue weighted by molar-refractivity contribution is -0.138. The Morgan fingerprint density at radius 3 is 2.29 bits per heavy atom. The molecule has 0 saturated heterocycles. The van der Waals surface area contributed by atoms with Crippen LogP contribution in [0.1, 0.15) is 38.3 Å². The molecule has 2 atom stereocenters. The summed E-state index contributed by atoms with van der Waals surface area (Å²) in [4.78, 5) is 28.4. The number of hydrogen-bond donors (Lipinski definition) is 1. The van der Waals surface area contributed by atoms with Gasteiger partial charge in [-0.1, -0.05) is 55.0 Å². The summed E-state index contributed by atoms with van der Waals surface area (Å²) in [7, 11) is 0. The molecule has 2 aromatic carbocycles. The molecule has 0 heterocycles. The number of nitrogens with zero attached hydrogens (tertiary/aromatic N) is 1. The largest absolute Gasteiger partial charge is 0.352 e. The highest BCUT2D eigenvalue weighted by Gasteiger charge is 2.26. The lowest BCUT2D eigenvalue weighted by Crippen LogP contribution is -2.50. The lowest BCUT2D eigenvalue weighted by atomic mass is 10.1. The van der Waals surface area contributed by atoms with Crippen molar-refractivity contribution in [2.45, 2.75) is 57.6 Å². The Hall–Kier alpha value is -2.27. The summed E-state index contributed by atoms with van der Waals surface area (Å²) in [6.07, 6.45) is 0.855. The number of amides is 2. The second-order valence-electron chi connectivity index (χ2n) is 7.10. The SMILES string of the molecule is CCC(C)NC(=O)C(C)N(Cc1ccc(C)cc1)C(=O)CSc1ccccc1. The van der Waals surface area contributed by atoms with Gasteiger partial charge in [0.1, 0.15) is 6.04 Å². The Kier molecular flexibility index (Phi) is 8.58. The number of nitrogens with one attached hydrogen (secondary N) is 1. The number of carbonyl (C=O) groups is 2. The van der Waals surface area contributed by atoms with Gasteiger partial charge in [-0.25, -0.2) is 0 Å². The van der Waals surface area contributed by atoms with Gasteiger partial charge in [0, 0.05) is 17.5 Å². The topological polar surface area (TPSA) is 49.4 Å². The fraction of sp³-hybridized carbons (Fsp3) is 0.391. The van der Waals surface area contributed by atoms with Crippen LogP contribution in [0.4, 0.5) is 0 Å². The first-order valence-electron chi connectivity index (χ1n) is 9.74. The molecule has 2 aromatic rings. The molecule has 0 radical (unpaired) electrons. The minimum absolute atomic E-state index is 0.0405. The van der Waals surface area contributed by atoms with Crippen molar-refractivity contribution in [1.29, 1.82) is 0 Å². The van der Waals surface area contributed by atoms with Gasteiger partial charge < -0.3 is 10.2 Å². The van der Waals surface area contributed by atoms with E-state index in [4.69, 9.17) is 0 Å². The minimum atomic E-state index is -0.529. The highest BCUT2D eigenvalue weighted by atomic mass is 32.2. The van der Waals surface area contributed by atoms with Gasteiger partial charge in [-0.15, -0.1) is 11.8 Å². The quantitative estimate of drug-likeness (QED) is 0.636. The third-order valence-electron chi connectivity index (χ3n) is 4.75. The molecule has 0 spiro atoms. The van der Waals surface area contributed by atoms with Crippen molar-refractivity contribution in [3.05, 3.63) is 65.7 Å². The average Bonchev–Trinajstić information content (AvgIpc) is 2.71. The van der Waals surface area contributed by atoms with E-state index in [-0.39, 0.29) is 17.9 Å². The Bertz CT molecular complexity index is 762. The molecule has 1 N–H and O–H groups in total. The smallest absolute Gasteiger partial charge is 0.242 e.